The molecular weight excluding hydrogens is 370 g/mol. The van der Waals surface area contributed by atoms with Gasteiger partial charge in [0.1, 0.15) is 12.4 Å². The minimum absolute atomic E-state index is 0.0622. The fourth-order valence-corrected chi connectivity index (χ4v) is 2.34. The normalized spacial score (nSPS) is 10.8. The van der Waals surface area contributed by atoms with Gasteiger partial charge in [-0.15, -0.1) is 0 Å². The third-order valence-electron chi connectivity index (χ3n) is 3.83. The van der Waals surface area contributed by atoms with Gasteiger partial charge in [-0.3, -0.25) is 4.79 Å². The van der Waals surface area contributed by atoms with E-state index in [1.165, 1.54) is 25.3 Å². The summed E-state index contributed by atoms with van der Waals surface area (Å²) in [5, 5.41) is 2.77. The number of nitrogens with zero attached hydrogens (tertiary/aromatic N) is 1. The first-order valence-electron chi connectivity index (χ1n) is 8.66. The summed E-state index contributed by atoms with van der Waals surface area (Å²) in [6.07, 6.45) is 0. The van der Waals surface area contributed by atoms with Gasteiger partial charge in [0.15, 0.2) is 11.5 Å². The number of carbonyl (C=O) groups is 1. The molecule has 2 rings (SSSR count). The molecule has 0 aliphatic heterocycles. The highest BCUT2D eigenvalue weighted by Crippen LogP contribution is 2.29. The Morgan fingerprint density at radius 3 is 2.43 bits per heavy atom. The predicted octanol–water partition coefficient (Wildman–Crippen LogP) is 3.17. The summed E-state index contributed by atoms with van der Waals surface area (Å²) in [6.45, 7) is -1.24. The van der Waals surface area contributed by atoms with Gasteiger partial charge in [-0.2, -0.15) is 8.78 Å². The lowest BCUT2D eigenvalue weighted by atomic mass is 10.1. The van der Waals surface area contributed by atoms with Crippen molar-refractivity contribution in [3.8, 4) is 17.2 Å². The summed E-state index contributed by atoms with van der Waals surface area (Å²) >= 11 is 0. The number of benzene rings is 2. The highest BCUT2D eigenvalue weighted by Gasteiger charge is 2.14. The topological polar surface area (TPSA) is 60.0 Å². The Morgan fingerprint density at radius 1 is 1.11 bits per heavy atom. The Bertz CT molecular complexity index is 767. The number of alkyl halides is 2. The van der Waals surface area contributed by atoms with Gasteiger partial charge in [0.05, 0.1) is 7.11 Å². The number of hydrogen-bond donors (Lipinski definition) is 1. The summed E-state index contributed by atoms with van der Waals surface area (Å²) in [7, 11) is 5.27. The van der Waals surface area contributed by atoms with Crippen molar-refractivity contribution in [3.63, 3.8) is 0 Å². The standard InChI is InChI=1S/C20H24F2N2O4/c1-24(2)10-11-27-16-7-4-14(5-8-16)13-23-19(25)15-6-9-17(28-20(21)22)18(12-15)26-3/h4-9,12,20H,10-11,13H2,1-3H3,(H,23,25). The highest BCUT2D eigenvalue weighted by molar-refractivity contribution is 5.94. The van der Waals surface area contributed by atoms with Crippen LogP contribution in [0.2, 0.25) is 0 Å². The number of halogens is 2. The van der Waals surface area contributed by atoms with Crippen molar-refractivity contribution in [2.75, 3.05) is 34.4 Å². The molecule has 0 radical (unpaired) electrons. The molecule has 0 saturated carbocycles. The molecule has 0 aliphatic carbocycles. The van der Waals surface area contributed by atoms with Crippen molar-refractivity contribution in [2.45, 2.75) is 13.2 Å². The van der Waals surface area contributed by atoms with Gasteiger partial charge in [0.25, 0.3) is 5.91 Å². The van der Waals surface area contributed by atoms with Crippen LogP contribution in [-0.4, -0.2) is 51.8 Å². The van der Waals surface area contributed by atoms with Crippen molar-refractivity contribution >= 4 is 5.91 Å². The molecule has 0 unspecified atom stereocenters. The van der Waals surface area contributed by atoms with E-state index in [-0.39, 0.29) is 23.0 Å². The van der Waals surface area contributed by atoms with Gasteiger partial charge in [0, 0.05) is 18.7 Å². The number of amides is 1. The zero-order valence-corrected chi connectivity index (χ0v) is 16.1. The fraction of sp³-hybridized carbons (Fsp3) is 0.350. The second kappa shape index (κ2) is 10.5. The second-order valence-corrected chi connectivity index (χ2v) is 6.22. The Balaban J connectivity index is 1.91. The van der Waals surface area contributed by atoms with Gasteiger partial charge in [-0.1, -0.05) is 12.1 Å². The molecule has 1 N–H and O–H groups in total. The molecule has 152 valence electrons. The second-order valence-electron chi connectivity index (χ2n) is 6.22. The minimum atomic E-state index is -2.97. The summed E-state index contributed by atoms with van der Waals surface area (Å²) in [5.41, 5.74) is 1.18. The lowest BCUT2D eigenvalue weighted by molar-refractivity contribution is -0.0512. The monoisotopic (exact) mass is 394 g/mol. The molecule has 28 heavy (non-hydrogen) atoms. The molecule has 0 heterocycles. The number of carbonyl (C=O) groups excluding carboxylic acids is 1. The molecule has 1 amide bonds. The summed E-state index contributed by atoms with van der Waals surface area (Å²) in [5.74, 6) is 0.343. The molecule has 0 aromatic heterocycles. The molecule has 0 atom stereocenters. The molecule has 0 saturated heterocycles. The van der Waals surface area contributed by atoms with Crippen molar-refractivity contribution in [3.05, 3.63) is 53.6 Å². The van der Waals surface area contributed by atoms with E-state index in [9.17, 15) is 13.6 Å². The van der Waals surface area contributed by atoms with Crippen LogP contribution >= 0.6 is 0 Å². The summed E-state index contributed by atoms with van der Waals surface area (Å²) < 4.78 is 39.7. The fourth-order valence-electron chi connectivity index (χ4n) is 2.34. The SMILES string of the molecule is COc1cc(C(=O)NCc2ccc(OCCN(C)C)cc2)ccc1OC(F)F. The molecule has 6 nitrogen and oxygen atoms in total. The maximum Gasteiger partial charge on any atom is 0.387 e. The lowest BCUT2D eigenvalue weighted by Gasteiger charge is -2.12. The quantitative estimate of drug-likeness (QED) is 0.671. The molecule has 0 spiro atoms. The van der Waals surface area contributed by atoms with Crippen LogP contribution < -0.4 is 19.5 Å². The summed E-state index contributed by atoms with van der Waals surface area (Å²) in [4.78, 5) is 14.3. The van der Waals surface area contributed by atoms with Gasteiger partial charge in [-0.05, 0) is 50.0 Å². The van der Waals surface area contributed by atoms with E-state index >= 15 is 0 Å². The van der Waals surface area contributed by atoms with E-state index in [0.717, 1.165) is 17.9 Å². The van der Waals surface area contributed by atoms with Crippen molar-refractivity contribution in [1.29, 1.82) is 0 Å². The van der Waals surface area contributed by atoms with Crippen molar-refractivity contribution < 1.29 is 27.8 Å². The first-order valence-corrected chi connectivity index (χ1v) is 8.66. The smallest absolute Gasteiger partial charge is 0.387 e. The Morgan fingerprint density at radius 2 is 1.82 bits per heavy atom. The van der Waals surface area contributed by atoms with E-state index in [1.807, 2.05) is 43.3 Å². The molecule has 0 bridgehead atoms. The van der Waals surface area contributed by atoms with E-state index in [1.54, 1.807) is 0 Å². The van der Waals surface area contributed by atoms with E-state index in [4.69, 9.17) is 9.47 Å². The highest BCUT2D eigenvalue weighted by atomic mass is 19.3. The maximum atomic E-state index is 12.4. The van der Waals surface area contributed by atoms with Crippen LogP contribution in [-0.2, 0) is 6.54 Å². The average Bonchev–Trinajstić information content (AvgIpc) is 2.66. The predicted molar refractivity (Wildman–Crippen MR) is 101 cm³/mol. The Kier molecular flexibility index (Phi) is 8.01. The molecule has 2 aromatic rings. The van der Waals surface area contributed by atoms with Crippen LogP contribution in [0.5, 0.6) is 17.2 Å². The van der Waals surface area contributed by atoms with E-state index in [0.29, 0.717) is 13.2 Å². The molecule has 0 aliphatic rings. The number of hydrogen-bond acceptors (Lipinski definition) is 5. The molecule has 8 heteroatoms. The van der Waals surface area contributed by atoms with Crippen molar-refractivity contribution in [1.82, 2.24) is 10.2 Å². The Hall–Kier alpha value is -2.87. The zero-order chi connectivity index (χ0) is 20.5. The molecule has 2 aromatic carbocycles. The third-order valence-corrected chi connectivity index (χ3v) is 3.83. The van der Waals surface area contributed by atoms with Gasteiger partial charge >= 0.3 is 6.61 Å². The van der Waals surface area contributed by atoms with E-state index < -0.39 is 6.61 Å². The first kappa shape index (κ1) is 21.4. The van der Waals surface area contributed by atoms with Crippen molar-refractivity contribution in [2.24, 2.45) is 0 Å². The largest absolute Gasteiger partial charge is 0.493 e. The lowest BCUT2D eigenvalue weighted by Crippen LogP contribution is -2.22. The van der Waals surface area contributed by atoms with Crippen LogP contribution in [0.4, 0.5) is 8.78 Å². The van der Waals surface area contributed by atoms with Gasteiger partial charge < -0.3 is 24.4 Å². The van der Waals surface area contributed by atoms with Gasteiger partial charge in [0.2, 0.25) is 0 Å². The van der Waals surface area contributed by atoms with E-state index in [2.05, 4.69) is 10.1 Å². The van der Waals surface area contributed by atoms with Crippen LogP contribution in [0, 0.1) is 0 Å². The third kappa shape index (κ3) is 6.70. The number of likely N-dealkylation sites (N-methyl/N-ethyl adjacent to an activating group) is 1. The zero-order valence-electron chi connectivity index (χ0n) is 16.1. The molecule has 0 fully saturated rings. The van der Waals surface area contributed by atoms with Crippen LogP contribution in [0.15, 0.2) is 42.5 Å². The number of ether oxygens (including phenoxy) is 3. The number of rotatable bonds is 10. The number of nitrogens with one attached hydrogen (secondary N) is 1. The summed E-state index contributed by atoms with van der Waals surface area (Å²) in [6, 6.07) is 11.5. The minimum Gasteiger partial charge on any atom is -0.493 e. The van der Waals surface area contributed by atoms with Crippen LogP contribution in [0.25, 0.3) is 0 Å². The molecular formula is C20H24F2N2O4. The Labute approximate surface area is 163 Å². The average molecular weight is 394 g/mol. The van der Waals surface area contributed by atoms with Gasteiger partial charge in [-0.25, -0.2) is 0 Å². The maximum absolute atomic E-state index is 12.4. The van der Waals surface area contributed by atoms with Crippen LogP contribution in [0.1, 0.15) is 15.9 Å². The first-order chi connectivity index (χ1) is 13.4. The van der Waals surface area contributed by atoms with Crippen LogP contribution in [0.3, 0.4) is 0 Å². The number of methoxy groups -OCH3 is 1.